The van der Waals surface area contributed by atoms with Crippen molar-refractivity contribution in [2.45, 2.75) is 70.7 Å². The van der Waals surface area contributed by atoms with E-state index in [1.165, 1.54) is 37.7 Å². The van der Waals surface area contributed by atoms with Gasteiger partial charge in [0, 0.05) is 11.8 Å². The van der Waals surface area contributed by atoms with Crippen LogP contribution >= 0.6 is 0 Å². The molecule has 2 unspecified atom stereocenters. The Kier molecular flexibility index (Phi) is 10.4. The monoisotopic (exact) mass is 501 g/mol. The number of benzene rings is 3. The van der Waals surface area contributed by atoms with Gasteiger partial charge in [-0.1, -0.05) is 92.8 Å². The third kappa shape index (κ3) is 8.64. The van der Waals surface area contributed by atoms with Gasteiger partial charge in [0.15, 0.2) is 0 Å². The number of hydrogen-bond donors (Lipinski definition) is 1. The molecule has 3 aromatic rings. The Morgan fingerprint density at radius 3 is 2.16 bits per heavy atom. The summed E-state index contributed by atoms with van der Waals surface area (Å²) in [7, 11) is 0. The van der Waals surface area contributed by atoms with Crippen molar-refractivity contribution in [2.24, 2.45) is 5.92 Å². The summed E-state index contributed by atoms with van der Waals surface area (Å²) in [5.41, 5.74) is 9.13. The second kappa shape index (κ2) is 14.4. The first-order valence-electron chi connectivity index (χ1n) is 13.6. The lowest BCUT2D eigenvalue weighted by atomic mass is 9.91. The molecular weight excluding hydrogens is 462 g/mol. The zero-order valence-electron chi connectivity index (χ0n) is 21.6. The van der Waals surface area contributed by atoms with Crippen LogP contribution in [0.15, 0.2) is 78.9 Å². The molecule has 37 heavy (non-hydrogen) atoms. The van der Waals surface area contributed by atoms with Gasteiger partial charge in [0.2, 0.25) is 0 Å². The van der Waals surface area contributed by atoms with E-state index >= 15 is 0 Å². The quantitative estimate of drug-likeness (QED) is 0.232. The third-order valence-corrected chi connectivity index (χ3v) is 7.08. The maximum absolute atomic E-state index is 12.8. The van der Waals surface area contributed by atoms with Crippen molar-refractivity contribution in [3.8, 4) is 5.75 Å². The summed E-state index contributed by atoms with van der Waals surface area (Å²) in [5, 5.41) is 0. The molecule has 196 valence electrons. The van der Waals surface area contributed by atoms with Gasteiger partial charge in [0.25, 0.3) is 0 Å². The topological polar surface area (TPSA) is 70.8 Å². The lowest BCUT2D eigenvalue weighted by molar-refractivity contribution is -0.0137. The van der Waals surface area contributed by atoms with E-state index in [1.54, 1.807) is 18.2 Å². The Balaban J connectivity index is 1.37. The van der Waals surface area contributed by atoms with Crippen LogP contribution < -0.4 is 10.5 Å². The normalized spacial score (nSPS) is 18.3. The van der Waals surface area contributed by atoms with Crippen molar-refractivity contribution < 1.29 is 19.0 Å². The Hall–Kier alpha value is -3.31. The van der Waals surface area contributed by atoms with E-state index in [0.717, 1.165) is 24.8 Å². The first kappa shape index (κ1) is 26.7. The van der Waals surface area contributed by atoms with E-state index < -0.39 is 5.97 Å². The maximum Gasteiger partial charge on any atom is 0.342 e. The predicted molar refractivity (Wildman–Crippen MR) is 147 cm³/mol. The summed E-state index contributed by atoms with van der Waals surface area (Å²) in [6.45, 7) is 1.35. The molecule has 0 bridgehead atoms. The summed E-state index contributed by atoms with van der Waals surface area (Å²) < 4.78 is 18.2. The van der Waals surface area contributed by atoms with E-state index in [2.05, 4.69) is 24.3 Å². The number of carbonyl (C=O) groups is 1. The van der Waals surface area contributed by atoms with Gasteiger partial charge >= 0.3 is 5.97 Å². The minimum Gasteiger partial charge on any atom is -0.493 e. The van der Waals surface area contributed by atoms with Gasteiger partial charge in [-0.3, -0.25) is 0 Å². The van der Waals surface area contributed by atoms with Crippen LogP contribution in [-0.4, -0.2) is 18.7 Å². The van der Waals surface area contributed by atoms with Crippen LogP contribution in [0, 0.1) is 5.92 Å². The molecule has 0 aliphatic heterocycles. The molecule has 4 rings (SSSR count). The van der Waals surface area contributed by atoms with Gasteiger partial charge < -0.3 is 19.9 Å². The molecular formula is C32H39NO4. The van der Waals surface area contributed by atoms with Crippen molar-refractivity contribution in [2.75, 3.05) is 12.3 Å². The number of rotatable bonds is 10. The van der Waals surface area contributed by atoms with Crippen LogP contribution in [0.25, 0.3) is 0 Å². The van der Waals surface area contributed by atoms with E-state index in [0.29, 0.717) is 36.1 Å². The number of nitrogen functional groups attached to an aromatic ring is 1. The highest BCUT2D eigenvalue weighted by Crippen LogP contribution is 2.29. The Morgan fingerprint density at radius 1 is 0.784 bits per heavy atom. The average Bonchev–Trinajstić information content (AvgIpc) is 3.04. The van der Waals surface area contributed by atoms with Gasteiger partial charge in [-0.25, -0.2) is 4.79 Å². The zero-order valence-corrected chi connectivity index (χ0v) is 21.6. The number of esters is 1. The van der Waals surface area contributed by atoms with E-state index in [4.69, 9.17) is 19.9 Å². The molecule has 2 atom stereocenters. The van der Waals surface area contributed by atoms with Crippen molar-refractivity contribution >= 4 is 11.7 Å². The minimum atomic E-state index is -0.412. The number of nitrogens with two attached hydrogens (primary N) is 1. The summed E-state index contributed by atoms with van der Waals surface area (Å²) in [6.07, 6.45) is 9.53. The van der Waals surface area contributed by atoms with Gasteiger partial charge in [0.05, 0.1) is 19.3 Å². The fourth-order valence-electron chi connectivity index (χ4n) is 4.98. The lowest BCUT2D eigenvalue weighted by Crippen LogP contribution is -2.26. The first-order chi connectivity index (χ1) is 18.2. The van der Waals surface area contributed by atoms with E-state index in [9.17, 15) is 4.79 Å². The maximum atomic E-state index is 12.8. The van der Waals surface area contributed by atoms with Crippen LogP contribution in [0.2, 0.25) is 0 Å². The first-order valence-corrected chi connectivity index (χ1v) is 13.6. The van der Waals surface area contributed by atoms with Crippen LogP contribution in [0.5, 0.6) is 5.75 Å². The van der Waals surface area contributed by atoms with Crippen LogP contribution in [-0.2, 0) is 22.7 Å². The van der Waals surface area contributed by atoms with E-state index in [-0.39, 0.29) is 12.7 Å². The fourth-order valence-corrected chi connectivity index (χ4v) is 4.98. The molecule has 2 N–H and O–H groups in total. The van der Waals surface area contributed by atoms with Gasteiger partial charge in [0.1, 0.15) is 17.9 Å². The molecule has 0 amide bonds. The predicted octanol–water partition coefficient (Wildman–Crippen LogP) is 7.34. The Morgan fingerprint density at radius 2 is 1.43 bits per heavy atom. The third-order valence-electron chi connectivity index (χ3n) is 7.08. The van der Waals surface area contributed by atoms with Crippen molar-refractivity contribution in [3.63, 3.8) is 0 Å². The van der Waals surface area contributed by atoms with Crippen LogP contribution in [0.4, 0.5) is 5.69 Å². The van der Waals surface area contributed by atoms with E-state index in [1.807, 2.05) is 36.4 Å². The molecule has 1 fully saturated rings. The standard InChI is InChI=1S/C32H39NO4/c33-28-18-19-29(32(34)37-24-26-14-8-5-9-15-26)31(22-28)35-21-20-27-16-10-2-1-3-11-17-30(27)36-23-25-12-6-4-7-13-25/h4-9,12-15,18-19,22,27,30H,1-3,10-11,16-17,20-21,23-24,33H2. The minimum absolute atomic E-state index is 0.207. The zero-order chi connectivity index (χ0) is 25.7. The second-order valence-electron chi connectivity index (χ2n) is 9.89. The molecule has 0 saturated heterocycles. The second-order valence-corrected chi connectivity index (χ2v) is 9.89. The molecule has 0 heterocycles. The van der Waals surface area contributed by atoms with Crippen LogP contribution in [0.1, 0.15) is 72.9 Å². The molecule has 5 nitrogen and oxygen atoms in total. The number of carbonyl (C=O) groups excluding carboxylic acids is 1. The molecule has 0 spiro atoms. The Bertz CT molecular complexity index is 1090. The van der Waals surface area contributed by atoms with Gasteiger partial charge in [-0.05, 0) is 48.4 Å². The number of anilines is 1. The molecule has 0 radical (unpaired) electrons. The highest BCUT2D eigenvalue weighted by Gasteiger charge is 2.24. The molecule has 1 aliphatic rings. The smallest absolute Gasteiger partial charge is 0.342 e. The Labute approximate surface area is 220 Å². The summed E-state index contributed by atoms with van der Waals surface area (Å²) in [4.78, 5) is 12.8. The van der Waals surface area contributed by atoms with Crippen molar-refractivity contribution in [1.82, 2.24) is 0 Å². The van der Waals surface area contributed by atoms with Gasteiger partial charge in [-0.15, -0.1) is 0 Å². The lowest BCUT2D eigenvalue weighted by Gasteiger charge is -2.27. The SMILES string of the molecule is Nc1ccc(C(=O)OCc2ccccc2)c(OCCC2CCCCCCCC2OCc2ccccc2)c1. The van der Waals surface area contributed by atoms with Crippen molar-refractivity contribution in [3.05, 3.63) is 95.6 Å². The summed E-state index contributed by atoms with van der Waals surface area (Å²) >= 11 is 0. The molecule has 1 saturated carbocycles. The molecule has 0 aromatic heterocycles. The number of ether oxygens (including phenoxy) is 3. The highest BCUT2D eigenvalue weighted by molar-refractivity contribution is 5.93. The summed E-state index contributed by atoms with van der Waals surface area (Å²) in [5.74, 6) is 0.476. The largest absolute Gasteiger partial charge is 0.493 e. The van der Waals surface area contributed by atoms with Crippen molar-refractivity contribution in [1.29, 1.82) is 0 Å². The highest BCUT2D eigenvalue weighted by atomic mass is 16.5. The summed E-state index contributed by atoms with van der Waals surface area (Å²) in [6, 6.07) is 25.1. The van der Waals surface area contributed by atoms with Gasteiger partial charge in [-0.2, -0.15) is 0 Å². The molecule has 1 aliphatic carbocycles. The number of hydrogen-bond acceptors (Lipinski definition) is 5. The average molecular weight is 502 g/mol. The molecule has 3 aromatic carbocycles. The molecule has 5 heteroatoms. The fraction of sp³-hybridized carbons (Fsp3) is 0.406. The van der Waals surface area contributed by atoms with Crippen LogP contribution in [0.3, 0.4) is 0 Å².